The number of carbonyl (C=O) groups excluding carboxylic acids is 1. The number of nitrogens with zero attached hydrogens (tertiary/aromatic N) is 4. The number of piperazine rings is 1. The number of H-pyrrole nitrogens is 1. The van der Waals surface area contributed by atoms with Crippen molar-refractivity contribution in [1.82, 2.24) is 19.9 Å². The van der Waals surface area contributed by atoms with Crippen LogP contribution in [0, 0.1) is 0 Å². The summed E-state index contributed by atoms with van der Waals surface area (Å²) in [4.78, 5) is 29.0. The fraction of sp³-hybridized carbons (Fsp3) is 0.190. The summed E-state index contributed by atoms with van der Waals surface area (Å²) < 4.78 is 0. The number of aromatic nitrogens is 3. The van der Waals surface area contributed by atoms with Gasteiger partial charge in [-0.3, -0.25) is 14.8 Å². The lowest BCUT2D eigenvalue weighted by Gasteiger charge is -2.36. The number of fused-ring (bicyclic) bond motifs is 2. The first-order chi connectivity index (χ1) is 13.3. The molecule has 0 unspecified atom stereocenters. The third-order valence-electron chi connectivity index (χ3n) is 5.19. The Balaban J connectivity index is 1.34. The third-order valence-corrected chi connectivity index (χ3v) is 5.19. The van der Waals surface area contributed by atoms with Gasteiger partial charge in [0, 0.05) is 66.7 Å². The highest BCUT2D eigenvalue weighted by atomic mass is 16.2. The van der Waals surface area contributed by atoms with Gasteiger partial charge in [-0.2, -0.15) is 0 Å². The van der Waals surface area contributed by atoms with E-state index < -0.39 is 0 Å². The van der Waals surface area contributed by atoms with E-state index in [-0.39, 0.29) is 5.91 Å². The van der Waals surface area contributed by atoms with Crippen molar-refractivity contribution in [3.8, 4) is 0 Å². The van der Waals surface area contributed by atoms with Crippen molar-refractivity contribution in [3.63, 3.8) is 0 Å². The van der Waals surface area contributed by atoms with Crippen LogP contribution in [0.3, 0.4) is 0 Å². The topological polar surface area (TPSA) is 65.1 Å². The van der Waals surface area contributed by atoms with Crippen LogP contribution in [0.15, 0.2) is 61.1 Å². The summed E-state index contributed by atoms with van der Waals surface area (Å²) in [6, 6.07) is 13.9. The van der Waals surface area contributed by atoms with Crippen molar-refractivity contribution in [3.05, 3.63) is 66.7 Å². The van der Waals surface area contributed by atoms with Crippen LogP contribution in [0.2, 0.25) is 0 Å². The number of pyridine rings is 2. The van der Waals surface area contributed by atoms with E-state index >= 15 is 0 Å². The van der Waals surface area contributed by atoms with Gasteiger partial charge < -0.3 is 14.8 Å². The van der Waals surface area contributed by atoms with Crippen LogP contribution in [0.4, 0.5) is 5.69 Å². The maximum atomic E-state index is 12.9. The molecule has 0 saturated carbocycles. The molecule has 134 valence electrons. The number of benzene rings is 1. The summed E-state index contributed by atoms with van der Waals surface area (Å²) in [6.07, 6.45) is 5.45. The number of amides is 1. The van der Waals surface area contributed by atoms with Gasteiger partial charge in [-0.25, -0.2) is 0 Å². The average molecular weight is 357 g/mol. The molecule has 27 heavy (non-hydrogen) atoms. The van der Waals surface area contributed by atoms with E-state index in [1.165, 1.54) is 0 Å². The van der Waals surface area contributed by atoms with Crippen molar-refractivity contribution in [1.29, 1.82) is 0 Å². The minimum absolute atomic E-state index is 0.0621. The first kappa shape index (κ1) is 15.8. The highest BCUT2D eigenvalue weighted by Crippen LogP contribution is 2.25. The summed E-state index contributed by atoms with van der Waals surface area (Å²) >= 11 is 0. The lowest BCUT2D eigenvalue weighted by Crippen LogP contribution is -2.49. The van der Waals surface area contributed by atoms with Crippen LogP contribution in [0.5, 0.6) is 0 Å². The molecule has 4 heterocycles. The van der Waals surface area contributed by atoms with Gasteiger partial charge in [-0.05, 0) is 24.3 Å². The number of hydrogen-bond acceptors (Lipinski definition) is 4. The smallest absolute Gasteiger partial charge is 0.270 e. The number of nitrogens with one attached hydrogen (secondary N) is 1. The molecule has 0 aliphatic carbocycles. The summed E-state index contributed by atoms with van der Waals surface area (Å²) in [5.74, 6) is 0.0621. The van der Waals surface area contributed by atoms with Crippen molar-refractivity contribution in [2.75, 3.05) is 31.1 Å². The Morgan fingerprint density at radius 3 is 2.70 bits per heavy atom. The molecular formula is C21H19N5O. The second kappa shape index (κ2) is 6.39. The normalized spacial score (nSPS) is 14.8. The lowest BCUT2D eigenvalue weighted by molar-refractivity contribution is 0.0742. The molecule has 6 heteroatoms. The van der Waals surface area contributed by atoms with Gasteiger partial charge in [-0.1, -0.05) is 18.2 Å². The summed E-state index contributed by atoms with van der Waals surface area (Å²) in [6.45, 7) is 2.97. The Bertz CT molecular complexity index is 1090. The number of carbonyl (C=O) groups is 1. The second-order valence-electron chi connectivity index (χ2n) is 6.77. The molecule has 1 aliphatic rings. The molecule has 0 radical (unpaired) electrons. The highest BCUT2D eigenvalue weighted by molar-refractivity contribution is 5.98. The molecule has 1 N–H and O–H groups in total. The van der Waals surface area contributed by atoms with Gasteiger partial charge in [-0.15, -0.1) is 0 Å². The fourth-order valence-electron chi connectivity index (χ4n) is 3.76. The van der Waals surface area contributed by atoms with Gasteiger partial charge in [0.15, 0.2) is 0 Å². The predicted octanol–water partition coefficient (Wildman–Crippen LogP) is 3.07. The number of anilines is 1. The molecule has 0 spiro atoms. The van der Waals surface area contributed by atoms with Crippen LogP contribution >= 0.6 is 0 Å². The molecule has 6 nitrogen and oxygen atoms in total. The van der Waals surface area contributed by atoms with E-state index in [2.05, 4.69) is 19.9 Å². The zero-order chi connectivity index (χ0) is 18.2. The van der Waals surface area contributed by atoms with E-state index in [1.807, 2.05) is 59.8 Å². The Morgan fingerprint density at radius 2 is 1.85 bits per heavy atom. The molecule has 5 rings (SSSR count). The molecule has 1 saturated heterocycles. The Kier molecular flexibility index (Phi) is 3.74. The van der Waals surface area contributed by atoms with E-state index in [0.717, 1.165) is 40.6 Å². The number of aromatic amines is 1. The van der Waals surface area contributed by atoms with E-state index in [0.29, 0.717) is 18.8 Å². The molecule has 1 amide bonds. The minimum Gasteiger partial charge on any atom is -0.367 e. The molecule has 3 aromatic heterocycles. The van der Waals surface area contributed by atoms with Crippen LogP contribution in [0.25, 0.3) is 21.8 Å². The van der Waals surface area contributed by atoms with Crippen LogP contribution < -0.4 is 4.90 Å². The van der Waals surface area contributed by atoms with Gasteiger partial charge in [0.25, 0.3) is 5.91 Å². The molecule has 0 atom stereocenters. The molecular weight excluding hydrogens is 338 g/mol. The minimum atomic E-state index is 0.0621. The quantitative estimate of drug-likeness (QED) is 0.599. The monoisotopic (exact) mass is 357 g/mol. The summed E-state index contributed by atoms with van der Waals surface area (Å²) in [5, 5.41) is 2.12. The first-order valence-electron chi connectivity index (χ1n) is 9.10. The van der Waals surface area contributed by atoms with Crippen molar-refractivity contribution >= 4 is 33.4 Å². The average Bonchev–Trinajstić information content (AvgIpc) is 3.17. The van der Waals surface area contributed by atoms with Crippen molar-refractivity contribution in [2.24, 2.45) is 0 Å². The SMILES string of the molecule is O=C(c1cc2ccccc2[nH]1)N1CCN(c2ccnc3ccncc23)CC1. The number of hydrogen-bond donors (Lipinski definition) is 1. The lowest BCUT2D eigenvalue weighted by atomic mass is 10.2. The van der Waals surface area contributed by atoms with Crippen molar-refractivity contribution < 1.29 is 4.79 Å². The Hall–Kier alpha value is -3.41. The number of para-hydroxylation sites is 1. The number of rotatable bonds is 2. The van der Waals surface area contributed by atoms with Gasteiger partial charge >= 0.3 is 0 Å². The third kappa shape index (κ3) is 2.79. The van der Waals surface area contributed by atoms with Gasteiger partial charge in [0.2, 0.25) is 0 Å². The molecule has 1 fully saturated rings. The van der Waals surface area contributed by atoms with Crippen LogP contribution in [-0.4, -0.2) is 51.9 Å². The highest BCUT2D eigenvalue weighted by Gasteiger charge is 2.24. The molecule has 0 bridgehead atoms. The standard InChI is InChI=1S/C21H19N5O/c27-21(19-13-15-3-1-2-4-17(15)24-19)26-11-9-25(10-12-26)20-6-8-23-18-5-7-22-14-16(18)20/h1-8,13-14,24H,9-12H2. The fourth-order valence-corrected chi connectivity index (χ4v) is 3.76. The van der Waals surface area contributed by atoms with E-state index in [1.54, 1.807) is 6.20 Å². The Morgan fingerprint density at radius 1 is 1.00 bits per heavy atom. The van der Waals surface area contributed by atoms with Crippen LogP contribution in [0.1, 0.15) is 10.5 Å². The van der Waals surface area contributed by atoms with Crippen molar-refractivity contribution in [2.45, 2.75) is 0 Å². The summed E-state index contributed by atoms with van der Waals surface area (Å²) in [5.41, 5.74) is 3.73. The van der Waals surface area contributed by atoms with Gasteiger partial charge in [0.1, 0.15) is 5.69 Å². The zero-order valence-electron chi connectivity index (χ0n) is 14.8. The van der Waals surface area contributed by atoms with E-state index in [9.17, 15) is 4.79 Å². The maximum Gasteiger partial charge on any atom is 0.270 e. The zero-order valence-corrected chi connectivity index (χ0v) is 14.8. The van der Waals surface area contributed by atoms with Crippen LogP contribution in [-0.2, 0) is 0 Å². The molecule has 1 aromatic carbocycles. The summed E-state index contributed by atoms with van der Waals surface area (Å²) in [7, 11) is 0. The predicted molar refractivity (Wildman–Crippen MR) is 106 cm³/mol. The van der Waals surface area contributed by atoms with Gasteiger partial charge in [0.05, 0.1) is 5.52 Å². The first-order valence-corrected chi connectivity index (χ1v) is 9.10. The second-order valence-corrected chi connectivity index (χ2v) is 6.77. The van der Waals surface area contributed by atoms with E-state index in [4.69, 9.17) is 0 Å². The Labute approximate surface area is 156 Å². The largest absolute Gasteiger partial charge is 0.367 e. The maximum absolute atomic E-state index is 12.9. The molecule has 1 aliphatic heterocycles. The molecule has 4 aromatic rings.